The number of nitrogens with one attached hydrogen (secondary N) is 1. The molecule has 1 rings (SSSR count). The number of amides is 1. The number of carbonyl (C=O) groups is 1. The Bertz CT molecular complexity index is 413. The zero-order valence-electron chi connectivity index (χ0n) is 9.69. The molecule has 1 aromatic carbocycles. The Labute approximate surface area is 97.8 Å². The maximum absolute atomic E-state index is 12.6. The van der Waals surface area contributed by atoms with Gasteiger partial charge in [0.1, 0.15) is 0 Å². The summed E-state index contributed by atoms with van der Waals surface area (Å²) in [7, 11) is 0. The highest BCUT2D eigenvalue weighted by atomic mass is 19.4. The fourth-order valence-corrected chi connectivity index (χ4v) is 1.46. The van der Waals surface area contributed by atoms with Gasteiger partial charge in [0.05, 0.1) is 5.56 Å². The van der Waals surface area contributed by atoms with Crippen LogP contribution >= 0.6 is 0 Å². The lowest BCUT2D eigenvalue weighted by Gasteiger charge is -2.12. The first kappa shape index (κ1) is 13.5. The minimum atomic E-state index is -4.39. The number of hydrogen-bond acceptors (Lipinski definition) is 1. The van der Waals surface area contributed by atoms with Gasteiger partial charge in [0.25, 0.3) is 0 Å². The molecule has 0 aromatic heterocycles. The van der Waals surface area contributed by atoms with Gasteiger partial charge >= 0.3 is 6.18 Å². The number of anilines is 1. The summed E-state index contributed by atoms with van der Waals surface area (Å²) in [4.78, 5) is 11.3. The third kappa shape index (κ3) is 3.76. The van der Waals surface area contributed by atoms with E-state index >= 15 is 0 Å². The number of rotatable bonds is 3. The highest BCUT2D eigenvalue weighted by molar-refractivity contribution is 5.90. The summed E-state index contributed by atoms with van der Waals surface area (Å²) in [5.41, 5.74) is -0.390. The number of aryl methyl sites for hydroxylation is 1. The molecule has 1 amide bonds. The molecule has 94 valence electrons. The minimum absolute atomic E-state index is 0.144. The summed E-state index contributed by atoms with van der Waals surface area (Å²) < 4.78 is 37.8. The normalized spacial score (nSPS) is 11.4. The predicted octanol–water partition coefficient (Wildman–Crippen LogP) is 3.75. The summed E-state index contributed by atoms with van der Waals surface area (Å²) in [5.74, 6) is -0.274. The molecule has 2 nitrogen and oxygen atoms in total. The van der Waals surface area contributed by atoms with Crippen LogP contribution in [0.3, 0.4) is 0 Å². The van der Waals surface area contributed by atoms with Crippen LogP contribution in [0.2, 0.25) is 0 Å². The molecule has 0 atom stereocenters. The van der Waals surface area contributed by atoms with Crippen molar-refractivity contribution >= 4 is 11.6 Å². The molecule has 0 aliphatic rings. The molecule has 17 heavy (non-hydrogen) atoms. The van der Waals surface area contributed by atoms with Crippen LogP contribution in [0.1, 0.15) is 30.9 Å². The van der Waals surface area contributed by atoms with Gasteiger partial charge < -0.3 is 5.32 Å². The van der Waals surface area contributed by atoms with Gasteiger partial charge in [-0.2, -0.15) is 13.2 Å². The summed E-state index contributed by atoms with van der Waals surface area (Å²) in [6, 6.07) is 3.78. The smallest absolute Gasteiger partial charge is 0.326 e. The van der Waals surface area contributed by atoms with Crippen LogP contribution < -0.4 is 5.32 Å². The van der Waals surface area contributed by atoms with E-state index < -0.39 is 11.7 Å². The molecule has 0 fully saturated rings. The van der Waals surface area contributed by atoms with E-state index in [-0.39, 0.29) is 17.2 Å². The van der Waals surface area contributed by atoms with Crippen molar-refractivity contribution in [3.63, 3.8) is 0 Å². The fraction of sp³-hybridized carbons (Fsp3) is 0.417. The first-order valence-corrected chi connectivity index (χ1v) is 5.32. The van der Waals surface area contributed by atoms with E-state index in [9.17, 15) is 18.0 Å². The second-order valence-electron chi connectivity index (χ2n) is 3.83. The number of benzene rings is 1. The van der Waals surface area contributed by atoms with Crippen molar-refractivity contribution in [1.82, 2.24) is 0 Å². The summed E-state index contributed by atoms with van der Waals surface area (Å²) in [6.45, 7) is 3.22. The van der Waals surface area contributed by atoms with Crippen molar-refractivity contribution < 1.29 is 18.0 Å². The Morgan fingerprint density at radius 1 is 1.35 bits per heavy atom. The van der Waals surface area contributed by atoms with Gasteiger partial charge in [-0.3, -0.25) is 4.79 Å². The van der Waals surface area contributed by atoms with E-state index in [0.717, 1.165) is 6.07 Å². The van der Waals surface area contributed by atoms with Crippen molar-refractivity contribution in [2.75, 3.05) is 5.32 Å². The Balaban J connectivity index is 2.93. The van der Waals surface area contributed by atoms with Crippen molar-refractivity contribution in [2.24, 2.45) is 0 Å². The van der Waals surface area contributed by atoms with Crippen molar-refractivity contribution in [1.29, 1.82) is 0 Å². The van der Waals surface area contributed by atoms with Gasteiger partial charge in [-0.25, -0.2) is 0 Å². The van der Waals surface area contributed by atoms with Gasteiger partial charge in [0.2, 0.25) is 5.91 Å². The Morgan fingerprint density at radius 2 is 2.00 bits per heavy atom. The van der Waals surface area contributed by atoms with Gasteiger partial charge in [-0.05, 0) is 31.0 Å². The maximum atomic E-state index is 12.6. The average Bonchev–Trinajstić information content (AvgIpc) is 2.19. The standard InChI is InChI=1S/C12H14F3NO/c1-3-4-11(17)16-9-6-5-8(2)10(7-9)12(13,14)15/h5-7H,3-4H2,1-2H3,(H,16,17). The Hall–Kier alpha value is -1.52. The van der Waals surface area contributed by atoms with E-state index in [4.69, 9.17) is 0 Å². The third-order valence-corrected chi connectivity index (χ3v) is 2.30. The summed E-state index contributed by atoms with van der Waals surface area (Å²) >= 11 is 0. The molecule has 0 radical (unpaired) electrons. The van der Waals surface area contributed by atoms with Crippen LogP contribution in [0.4, 0.5) is 18.9 Å². The first-order chi connectivity index (χ1) is 7.84. The quantitative estimate of drug-likeness (QED) is 0.863. The minimum Gasteiger partial charge on any atom is -0.326 e. The summed E-state index contributed by atoms with van der Waals surface area (Å²) in [5, 5.41) is 2.44. The monoisotopic (exact) mass is 245 g/mol. The van der Waals surface area contributed by atoms with Crippen LogP contribution in [0.25, 0.3) is 0 Å². The lowest BCUT2D eigenvalue weighted by molar-refractivity contribution is -0.138. The van der Waals surface area contributed by atoms with E-state index in [1.165, 1.54) is 19.1 Å². The number of alkyl halides is 3. The zero-order valence-corrected chi connectivity index (χ0v) is 9.69. The van der Waals surface area contributed by atoms with Gasteiger partial charge in [-0.15, -0.1) is 0 Å². The molecule has 0 spiro atoms. The first-order valence-electron chi connectivity index (χ1n) is 5.32. The highest BCUT2D eigenvalue weighted by Crippen LogP contribution is 2.33. The molecule has 5 heteroatoms. The number of hydrogen-bond donors (Lipinski definition) is 1. The van der Waals surface area contributed by atoms with Gasteiger partial charge in [-0.1, -0.05) is 13.0 Å². The van der Waals surface area contributed by atoms with E-state index in [1.54, 1.807) is 0 Å². The second-order valence-corrected chi connectivity index (χ2v) is 3.83. The van der Waals surface area contributed by atoms with Crippen LogP contribution in [0.5, 0.6) is 0 Å². The molecule has 0 aliphatic heterocycles. The van der Waals surface area contributed by atoms with Gasteiger partial charge in [0.15, 0.2) is 0 Å². The molecule has 0 unspecified atom stereocenters. The van der Waals surface area contributed by atoms with E-state index in [0.29, 0.717) is 12.8 Å². The fourth-order valence-electron chi connectivity index (χ4n) is 1.46. The molecule has 0 saturated heterocycles. The molecule has 1 N–H and O–H groups in total. The van der Waals surface area contributed by atoms with Crippen molar-refractivity contribution in [3.8, 4) is 0 Å². The summed E-state index contributed by atoms with van der Waals surface area (Å²) in [6.07, 6.45) is -3.44. The highest BCUT2D eigenvalue weighted by Gasteiger charge is 2.32. The van der Waals surface area contributed by atoms with Crippen LogP contribution in [-0.4, -0.2) is 5.91 Å². The Kier molecular flexibility index (Phi) is 4.15. The maximum Gasteiger partial charge on any atom is 0.416 e. The van der Waals surface area contributed by atoms with Crippen molar-refractivity contribution in [3.05, 3.63) is 29.3 Å². The molecule has 0 saturated carbocycles. The lowest BCUT2D eigenvalue weighted by atomic mass is 10.1. The SMILES string of the molecule is CCCC(=O)Nc1ccc(C)c(C(F)(F)F)c1. The molecular formula is C12H14F3NO. The van der Waals surface area contributed by atoms with Crippen LogP contribution in [0.15, 0.2) is 18.2 Å². The largest absolute Gasteiger partial charge is 0.416 e. The molecule has 1 aromatic rings. The molecule has 0 aliphatic carbocycles. The third-order valence-electron chi connectivity index (χ3n) is 2.30. The topological polar surface area (TPSA) is 29.1 Å². The Morgan fingerprint density at radius 3 is 2.53 bits per heavy atom. The average molecular weight is 245 g/mol. The second kappa shape index (κ2) is 5.21. The molecule has 0 bridgehead atoms. The zero-order chi connectivity index (χ0) is 13.1. The molecule has 0 heterocycles. The van der Waals surface area contributed by atoms with Crippen LogP contribution in [-0.2, 0) is 11.0 Å². The predicted molar refractivity (Wildman–Crippen MR) is 59.7 cm³/mol. The van der Waals surface area contributed by atoms with Crippen molar-refractivity contribution in [2.45, 2.75) is 32.9 Å². The molecular weight excluding hydrogens is 231 g/mol. The van der Waals surface area contributed by atoms with E-state index in [1.807, 2.05) is 6.92 Å². The lowest BCUT2D eigenvalue weighted by Crippen LogP contribution is -2.13. The van der Waals surface area contributed by atoms with Crippen LogP contribution in [0, 0.1) is 6.92 Å². The van der Waals surface area contributed by atoms with Gasteiger partial charge in [0, 0.05) is 12.1 Å². The van der Waals surface area contributed by atoms with E-state index in [2.05, 4.69) is 5.32 Å². The number of halogens is 3. The number of carbonyl (C=O) groups excluding carboxylic acids is 1.